The number of amides is 1. The van der Waals surface area contributed by atoms with Gasteiger partial charge in [-0.2, -0.15) is 0 Å². The summed E-state index contributed by atoms with van der Waals surface area (Å²) in [5, 5.41) is 11.8. The summed E-state index contributed by atoms with van der Waals surface area (Å²) >= 11 is 12.0. The number of halogens is 2. The van der Waals surface area contributed by atoms with Crippen LogP contribution in [0.4, 0.5) is 5.69 Å². The third-order valence-electron chi connectivity index (χ3n) is 4.39. The number of hydrogen-bond donors (Lipinski definition) is 1. The van der Waals surface area contributed by atoms with Crippen LogP contribution in [-0.4, -0.2) is 22.2 Å². The first-order valence-electron chi connectivity index (χ1n) is 9.41. The fourth-order valence-electron chi connectivity index (χ4n) is 2.83. The highest BCUT2D eigenvalue weighted by atomic mass is 35.5. The molecule has 0 radical (unpaired) electrons. The highest BCUT2D eigenvalue weighted by Crippen LogP contribution is 2.29. The molecule has 1 N–H and O–H groups in total. The van der Waals surface area contributed by atoms with E-state index >= 15 is 0 Å². The van der Waals surface area contributed by atoms with Crippen molar-refractivity contribution in [3.63, 3.8) is 0 Å². The van der Waals surface area contributed by atoms with Crippen molar-refractivity contribution in [2.45, 2.75) is 13.0 Å². The normalized spacial score (nSPS) is 11.7. The predicted molar refractivity (Wildman–Crippen MR) is 120 cm³/mol. The predicted octanol–water partition coefficient (Wildman–Crippen LogP) is 6.12. The number of nitrogens with zero attached hydrogens (tertiary/aromatic N) is 2. The van der Waals surface area contributed by atoms with Gasteiger partial charge in [0.2, 0.25) is 11.8 Å². The second kappa shape index (κ2) is 9.20. The molecule has 0 saturated carbocycles. The highest BCUT2D eigenvalue weighted by Gasteiger charge is 2.17. The Balaban J connectivity index is 1.46. The smallest absolute Gasteiger partial charge is 0.265 e. The van der Waals surface area contributed by atoms with E-state index < -0.39 is 6.10 Å². The number of hydrogen-bond acceptors (Lipinski definition) is 5. The van der Waals surface area contributed by atoms with Crippen LogP contribution in [0.1, 0.15) is 6.92 Å². The molecule has 1 heterocycles. The Morgan fingerprint density at radius 1 is 0.935 bits per heavy atom. The number of anilines is 1. The van der Waals surface area contributed by atoms with Crippen LogP contribution in [0.15, 0.2) is 77.2 Å². The van der Waals surface area contributed by atoms with Crippen LogP contribution >= 0.6 is 23.2 Å². The lowest BCUT2D eigenvalue weighted by Crippen LogP contribution is -2.30. The Kier molecular flexibility index (Phi) is 6.21. The fourth-order valence-corrected chi connectivity index (χ4v) is 3.28. The van der Waals surface area contributed by atoms with Crippen LogP contribution in [0.5, 0.6) is 5.75 Å². The average molecular weight is 454 g/mol. The van der Waals surface area contributed by atoms with Gasteiger partial charge in [0.15, 0.2) is 6.10 Å². The summed E-state index contributed by atoms with van der Waals surface area (Å²) in [6.45, 7) is 1.63. The molecule has 0 aliphatic rings. The average Bonchev–Trinajstić information content (AvgIpc) is 3.27. The van der Waals surface area contributed by atoms with Crippen LogP contribution in [0.25, 0.3) is 22.9 Å². The van der Waals surface area contributed by atoms with Crippen molar-refractivity contribution in [1.82, 2.24) is 10.2 Å². The van der Waals surface area contributed by atoms with Crippen molar-refractivity contribution in [3.05, 3.63) is 82.8 Å². The number of aromatic nitrogens is 2. The fraction of sp³-hybridized carbons (Fsp3) is 0.0870. The Hall–Kier alpha value is -3.35. The van der Waals surface area contributed by atoms with Crippen LogP contribution < -0.4 is 10.1 Å². The van der Waals surface area contributed by atoms with Gasteiger partial charge >= 0.3 is 0 Å². The molecule has 4 aromatic rings. The summed E-state index contributed by atoms with van der Waals surface area (Å²) in [5.74, 6) is 0.819. The molecule has 0 bridgehead atoms. The third-order valence-corrected chi connectivity index (χ3v) is 4.92. The molecule has 1 aromatic heterocycles. The van der Waals surface area contributed by atoms with E-state index in [2.05, 4.69) is 15.5 Å². The molecular weight excluding hydrogens is 437 g/mol. The highest BCUT2D eigenvalue weighted by molar-refractivity contribution is 6.35. The van der Waals surface area contributed by atoms with E-state index in [0.717, 1.165) is 5.56 Å². The van der Waals surface area contributed by atoms with Gasteiger partial charge < -0.3 is 14.5 Å². The lowest BCUT2D eigenvalue weighted by atomic mass is 10.2. The maximum absolute atomic E-state index is 12.6. The quantitative estimate of drug-likeness (QED) is 0.380. The molecule has 3 aromatic carbocycles. The Labute approximate surface area is 188 Å². The maximum atomic E-state index is 12.6. The summed E-state index contributed by atoms with van der Waals surface area (Å²) in [4.78, 5) is 12.6. The van der Waals surface area contributed by atoms with Crippen LogP contribution in [0.3, 0.4) is 0 Å². The number of carbonyl (C=O) groups is 1. The van der Waals surface area contributed by atoms with E-state index in [1.54, 1.807) is 43.3 Å². The number of benzene rings is 3. The van der Waals surface area contributed by atoms with Crippen molar-refractivity contribution < 1.29 is 13.9 Å². The summed E-state index contributed by atoms with van der Waals surface area (Å²) in [6, 6.07) is 21.4. The van der Waals surface area contributed by atoms with Crippen LogP contribution in [0, 0.1) is 0 Å². The zero-order valence-electron chi connectivity index (χ0n) is 16.4. The summed E-state index contributed by atoms with van der Waals surface area (Å²) in [6.07, 6.45) is -0.782. The van der Waals surface area contributed by atoms with Crippen molar-refractivity contribution in [3.8, 4) is 28.7 Å². The van der Waals surface area contributed by atoms with Crippen molar-refractivity contribution in [1.29, 1.82) is 0 Å². The first kappa shape index (κ1) is 20.9. The minimum Gasteiger partial charge on any atom is -0.479 e. The van der Waals surface area contributed by atoms with E-state index in [9.17, 15) is 4.79 Å². The SMILES string of the molecule is CC(Oc1ccc(Cl)cc1Cl)C(=O)Nc1cccc(-c2nnc(-c3ccccc3)o2)c1. The summed E-state index contributed by atoms with van der Waals surface area (Å²) in [7, 11) is 0. The number of rotatable bonds is 6. The van der Waals surface area contributed by atoms with E-state index in [1.807, 2.05) is 36.4 Å². The zero-order chi connectivity index (χ0) is 21.8. The minimum atomic E-state index is -0.782. The second-order valence-corrected chi connectivity index (χ2v) is 7.53. The molecule has 1 unspecified atom stereocenters. The van der Waals surface area contributed by atoms with Gasteiger partial charge in [-0.15, -0.1) is 10.2 Å². The topological polar surface area (TPSA) is 77.2 Å². The zero-order valence-corrected chi connectivity index (χ0v) is 17.9. The molecule has 0 spiro atoms. The Bertz CT molecular complexity index is 1210. The second-order valence-electron chi connectivity index (χ2n) is 6.68. The van der Waals surface area contributed by atoms with E-state index in [4.69, 9.17) is 32.4 Å². The third kappa shape index (κ3) is 5.05. The monoisotopic (exact) mass is 453 g/mol. The van der Waals surface area contributed by atoms with Crippen molar-refractivity contribution >= 4 is 34.8 Å². The van der Waals surface area contributed by atoms with Gasteiger partial charge in [0.05, 0.1) is 5.02 Å². The van der Waals surface area contributed by atoms with Crippen LogP contribution in [0.2, 0.25) is 10.0 Å². The molecule has 0 aliphatic carbocycles. The Morgan fingerprint density at radius 3 is 2.39 bits per heavy atom. The largest absolute Gasteiger partial charge is 0.479 e. The van der Waals surface area contributed by atoms with E-state index in [-0.39, 0.29) is 5.91 Å². The first-order valence-corrected chi connectivity index (χ1v) is 10.2. The van der Waals surface area contributed by atoms with Crippen molar-refractivity contribution in [2.75, 3.05) is 5.32 Å². The molecular formula is C23H17Cl2N3O3. The van der Waals surface area contributed by atoms with Gasteiger partial charge in [0, 0.05) is 21.8 Å². The lowest BCUT2D eigenvalue weighted by Gasteiger charge is -2.16. The molecule has 6 nitrogen and oxygen atoms in total. The van der Waals surface area contributed by atoms with Gasteiger partial charge in [-0.1, -0.05) is 47.5 Å². The molecule has 1 amide bonds. The van der Waals surface area contributed by atoms with E-state index in [1.165, 1.54) is 0 Å². The molecule has 0 saturated heterocycles. The first-order chi connectivity index (χ1) is 15.0. The molecule has 0 aliphatic heterocycles. The lowest BCUT2D eigenvalue weighted by molar-refractivity contribution is -0.122. The number of nitrogens with one attached hydrogen (secondary N) is 1. The van der Waals surface area contributed by atoms with Gasteiger partial charge in [-0.25, -0.2) is 0 Å². The minimum absolute atomic E-state index is 0.333. The summed E-state index contributed by atoms with van der Waals surface area (Å²) < 4.78 is 11.4. The number of ether oxygens (including phenoxy) is 1. The van der Waals surface area contributed by atoms with Gasteiger partial charge in [0.1, 0.15) is 5.75 Å². The molecule has 31 heavy (non-hydrogen) atoms. The molecule has 8 heteroatoms. The van der Waals surface area contributed by atoms with Crippen molar-refractivity contribution in [2.24, 2.45) is 0 Å². The van der Waals surface area contributed by atoms with Gasteiger partial charge in [0.25, 0.3) is 5.91 Å². The maximum Gasteiger partial charge on any atom is 0.265 e. The van der Waals surface area contributed by atoms with E-state index in [0.29, 0.717) is 38.8 Å². The summed E-state index contributed by atoms with van der Waals surface area (Å²) in [5.41, 5.74) is 2.08. The number of carbonyl (C=O) groups excluding carboxylic acids is 1. The molecule has 0 fully saturated rings. The Morgan fingerprint density at radius 2 is 1.65 bits per heavy atom. The van der Waals surface area contributed by atoms with Gasteiger partial charge in [-0.3, -0.25) is 4.79 Å². The molecule has 156 valence electrons. The molecule has 4 rings (SSSR count). The standard InChI is InChI=1S/C23H17Cl2N3O3/c1-14(30-20-11-10-17(24)13-19(20)25)21(29)26-18-9-5-8-16(12-18)23-28-27-22(31-23)15-6-3-2-4-7-15/h2-14H,1H3,(H,26,29). The van der Waals surface area contributed by atoms with Crippen LogP contribution in [-0.2, 0) is 4.79 Å². The molecule has 1 atom stereocenters. The van der Waals surface area contributed by atoms with Gasteiger partial charge in [-0.05, 0) is 55.5 Å².